The van der Waals surface area contributed by atoms with Gasteiger partial charge in [-0.15, -0.1) is 0 Å². The predicted molar refractivity (Wildman–Crippen MR) is 71.0 cm³/mol. The smallest absolute Gasteiger partial charge is 0.138 e. The lowest BCUT2D eigenvalue weighted by Gasteiger charge is -2.42. The van der Waals surface area contributed by atoms with Crippen molar-refractivity contribution in [1.82, 2.24) is 4.90 Å². The van der Waals surface area contributed by atoms with Crippen LogP contribution in [0.2, 0.25) is 0 Å². The number of hydrogen-bond donors (Lipinski definition) is 0. The van der Waals surface area contributed by atoms with Crippen molar-refractivity contribution in [3.05, 3.63) is 0 Å². The Balaban J connectivity index is 1.99. The molecule has 0 N–H and O–H groups in total. The Kier molecular flexibility index (Phi) is 4.24. The zero-order valence-corrected chi connectivity index (χ0v) is 11.6. The van der Waals surface area contributed by atoms with Crippen molar-refractivity contribution >= 4 is 5.78 Å². The molecule has 0 bridgehead atoms. The van der Waals surface area contributed by atoms with E-state index in [4.69, 9.17) is 0 Å². The summed E-state index contributed by atoms with van der Waals surface area (Å²) in [5.74, 6) is 1.61. The van der Waals surface area contributed by atoms with Crippen molar-refractivity contribution in [2.45, 2.75) is 71.4 Å². The fourth-order valence-electron chi connectivity index (χ4n) is 3.54. The fourth-order valence-corrected chi connectivity index (χ4v) is 3.54. The number of Topliss-reactive ketones (excluding diaryl/α,β-unsaturated/α-hetero) is 1. The summed E-state index contributed by atoms with van der Waals surface area (Å²) in [7, 11) is 0. The van der Waals surface area contributed by atoms with Crippen LogP contribution in [-0.2, 0) is 4.79 Å². The molecule has 0 amide bonds. The molecule has 4 atom stereocenters. The van der Waals surface area contributed by atoms with E-state index in [0.29, 0.717) is 11.8 Å². The Morgan fingerprint density at radius 2 is 1.82 bits per heavy atom. The van der Waals surface area contributed by atoms with Crippen LogP contribution in [0.25, 0.3) is 0 Å². The van der Waals surface area contributed by atoms with Crippen LogP contribution in [-0.4, -0.2) is 29.3 Å². The van der Waals surface area contributed by atoms with Gasteiger partial charge in [-0.1, -0.05) is 26.7 Å². The van der Waals surface area contributed by atoms with Crippen LogP contribution in [0.4, 0.5) is 0 Å². The summed E-state index contributed by atoms with van der Waals surface area (Å²) >= 11 is 0. The molecule has 0 aromatic heterocycles. The lowest BCUT2D eigenvalue weighted by atomic mass is 9.88. The Bertz CT molecular complexity index is 276. The first-order valence-electron chi connectivity index (χ1n) is 7.38. The van der Waals surface area contributed by atoms with Crippen LogP contribution in [0.1, 0.15) is 59.3 Å². The minimum absolute atomic E-state index is 0.240. The van der Waals surface area contributed by atoms with E-state index in [1.165, 1.54) is 32.1 Å². The quantitative estimate of drug-likeness (QED) is 0.652. The van der Waals surface area contributed by atoms with Gasteiger partial charge < -0.3 is 0 Å². The molecule has 1 aliphatic heterocycles. The zero-order valence-electron chi connectivity index (χ0n) is 11.6. The maximum Gasteiger partial charge on any atom is 0.138 e. The van der Waals surface area contributed by atoms with E-state index in [1.54, 1.807) is 0 Å². The number of rotatable bonds is 1. The summed E-state index contributed by atoms with van der Waals surface area (Å²) in [4.78, 5) is 14.4. The number of carbonyl (C=O) groups excluding carboxylic acids is 1. The van der Waals surface area contributed by atoms with Gasteiger partial charge >= 0.3 is 0 Å². The molecule has 0 aromatic rings. The molecule has 1 saturated heterocycles. The first kappa shape index (κ1) is 13.1. The van der Waals surface area contributed by atoms with Gasteiger partial charge in [-0.2, -0.15) is 0 Å². The van der Waals surface area contributed by atoms with E-state index in [-0.39, 0.29) is 5.92 Å². The Labute approximate surface area is 106 Å². The highest BCUT2D eigenvalue weighted by Crippen LogP contribution is 2.30. The molecule has 0 radical (unpaired) electrons. The molecule has 17 heavy (non-hydrogen) atoms. The van der Waals surface area contributed by atoms with Crippen LogP contribution < -0.4 is 0 Å². The molecule has 2 nitrogen and oxygen atoms in total. The average molecular weight is 237 g/mol. The molecular weight excluding hydrogens is 210 g/mol. The van der Waals surface area contributed by atoms with E-state index in [0.717, 1.165) is 24.9 Å². The topological polar surface area (TPSA) is 20.3 Å². The van der Waals surface area contributed by atoms with Gasteiger partial charge in [-0.25, -0.2) is 0 Å². The van der Waals surface area contributed by atoms with Crippen LogP contribution in [0.5, 0.6) is 0 Å². The first-order chi connectivity index (χ1) is 8.09. The van der Waals surface area contributed by atoms with Crippen molar-refractivity contribution in [2.75, 3.05) is 6.54 Å². The second-order valence-electron chi connectivity index (χ2n) is 6.25. The van der Waals surface area contributed by atoms with Crippen molar-refractivity contribution in [2.24, 2.45) is 11.8 Å². The molecule has 98 valence electrons. The average Bonchev–Trinajstić information content (AvgIpc) is 2.52. The number of carbonyl (C=O) groups is 1. The van der Waals surface area contributed by atoms with Crippen molar-refractivity contribution in [3.8, 4) is 0 Å². The van der Waals surface area contributed by atoms with Crippen molar-refractivity contribution in [1.29, 1.82) is 0 Å². The fraction of sp³-hybridized carbons (Fsp3) is 0.933. The number of likely N-dealkylation sites (tertiary alicyclic amines) is 1. The summed E-state index contributed by atoms with van der Waals surface area (Å²) in [5, 5.41) is 0. The van der Waals surface area contributed by atoms with E-state index in [2.05, 4.69) is 25.7 Å². The van der Waals surface area contributed by atoms with Gasteiger partial charge in [-0.05, 0) is 32.1 Å². The largest absolute Gasteiger partial charge is 0.299 e. The molecule has 2 rings (SSSR count). The van der Waals surface area contributed by atoms with Crippen LogP contribution in [0, 0.1) is 11.8 Å². The SMILES string of the molecule is CC1CCCC(N2CCC(=O)C(C)C2C)CC1. The summed E-state index contributed by atoms with van der Waals surface area (Å²) in [6.07, 6.45) is 7.60. The van der Waals surface area contributed by atoms with E-state index >= 15 is 0 Å². The maximum atomic E-state index is 11.7. The van der Waals surface area contributed by atoms with Gasteiger partial charge in [0.05, 0.1) is 0 Å². The van der Waals surface area contributed by atoms with Gasteiger partial charge in [0, 0.05) is 31.0 Å². The lowest BCUT2D eigenvalue weighted by molar-refractivity contribution is -0.128. The minimum Gasteiger partial charge on any atom is -0.299 e. The molecule has 1 aliphatic carbocycles. The second kappa shape index (κ2) is 5.51. The summed E-state index contributed by atoms with van der Waals surface area (Å²) in [5.41, 5.74) is 0. The van der Waals surface area contributed by atoms with Crippen molar-refractivity contribution in [3.63, 3.8) is 0 Å². The maximum absolute atomic E-state index is 11.7. The Hall–Kier alpha value is -0.370. The number of ketones is 1. The van der Waals surface area contributed by atoms with Crippen LogP contribution in [0.3, 0.4) is 0 Å². The van der Waals surface area contributed by atoms with Gasteiger partial charge in [-0.3, -0.25) is 9.69 Å². The monoisotopic (exact) mass is 237 g/mol. The normalized spacial score (nSPS) is 41.2. The molecule has 2 aliphatic rings. The van der Waals surface area contributed by atoms with Gasteiger partial charge in [0.2, 0.25) is 0 Å². The third kappa shape index (κ3) is 2.90. The van der Waals surface area contributed by atoms with Crippen molar-refractivity contribution < 1.29 is 4.79 Å². The molecule has 4 unspecified atom stereocenters. The van der Waals surface area contributed by atoms with E-state index in [9.17, 15) is 4.79 Å². The minimum atomic E-state index is 0.240. The van der Waals surface area contributed by atoms with Gasteiger partial charge in [0.15, 0.2) is 0 Å². The number of piperidine rings is 1. The molecule has 2 fully saturated rings. The third-order valence-corrected chi connectivity index (χ3v) is 5.07. The Morgan fingerprint density at radius 3 is 2.59 bits per heavy atom. The van der Waals surface area contributed by atoms with Gasteiger partial charge in [0.1, 0.15) is 5.78 Å². The summed E-state index contributed by atoms with van der Waals surface area (Å²) < 4.78 is 0. The van der Waals surface area contributed by atoms with E-state index in [1.807, 2.05) is 0 Å². The molecule has 0 aromatic carbocycles. The highest BCUT2D eigenvalue weighted by atomic mass is 16.1. The third-order valence-electron chi connectivity index (χ3n) is 5.07. The lowest BCUT2D eigenvalue weighted by Crippen LogP contribution is -2.51. The summed E-state index contributed by atoms with van der Waals surface area (Å²) in [6.45, 7) is 7.74. The first-order valence-corrected chi connectivity index (χ1v) is 7.38. The van der Waals surface area contributed by atoms with E-state index < -0.39 is 0 Å². The highest BCUT2D eigenvalue weighted by molar-refractivity contribution is 5.82. The molecule has 1 saturated carbocycles. The van der Waals surface area contributed by atoms with Crippen LogP contribution in [0.15, 0.2) is 0 Å². The van der Waals surface area contributed by atoms with Crippen LogP contribution >= 0.6 is 0 Å². The standard InChI is InChI=1S/C15H27NO/c1-11-5-4-6-14(8-7-11)16-10-9-15(17)12(2)13(16)3/h11-14H,4-10H2,1-3H3. The number of hydrogen-bond acceptors (Lipinski definition) is 2. The molecular formula is C15H27NO. The zero-order chi connectivity index (χ0) is 12.4. The molecule has 1 heterocycles. The highest BCUT2D eigenvalue weighted by Gasteiger charge is 2.34. The molecule has 0 spiro atoms. The summed E-state index contributed by atoms with van der Waals surface area (Å²) in [6, 6.07) is 1.19. The molecule has 2 heteroatoms. The number of nitrogens with zero attached hydrogens (tertiary/aromatic N) is 1. The predicted octanol–water partition coefficient (Wildman–Crippen LogP) is 3.25. The Morgan fingerprint density at radius 1 is 1.06 bits per heavy atom. The van der Waals surface area contributed by atoms with Gasteiger partial charge in [0.25, 0.3) is 0 Å². The second-order valence-corrected chi connectivity index (χ2v) is 6.25.